The number of benzene rings is 1. The van der Waals surface area contributed by atoms with Crippen LogP contribution in [0.1, 0.15) is 19.4 Å². The Hall–Kier alpha value is -2.89. The highest BCUT2D eigenvalue weighted by molar-refractivity contribution is 6.00. The number of nitrogens with one attached hydrogen (secondary N) is 1. The number of carbonyl (C=O) groups is 3. The van der Waals surface area contributed by atoms with E-state index in [1.807, 2.05) is 36.4 Å². The van der Waals surface area contributed by atoms with Crippen LogP contribution in [0.2, 0.25) is 0 Å². The van der Waals surface area contributed by atoms with Crippen molar-refractivity contribution in [1.29, 1.82) is 0 Å². The summed E-state index contributed by atoms with van der Waals surface area (Å²) in [6.45, 7) is 3.65. The topological polar surface area (TPSA) is 86.7 Å². The summed E-state index contributed by atoms with van der Waals surface area (Å²) in [5.41, 5.74) is -0.332. The number of aliphatic hydroxyl groups excluding tert-OH is 1. The van der Waals surface area contributed by atoms with E-state index in [0.717, 1.165) is 5.56 Å². The van der Waals surface area contributed by atoms with Gasteiger partial charge >= 0.3 is 0 Å². The van der Waals surface area contributed by atoms with E-state index < -0.39 is 23.1 Å². The highest BCUT2D eigenvalue weighted by Crippen LogP contribution is 2.34. The molecule has 1 fully saturated rings. The minimum Gasteiger partial charge on any atom is -0.508 e. The molecule has 1 heterocycles. The van der Waals surface area contributed by atoms with Gasteiger partial charge in [0, 0.05) is 25.9 Å². The van der Waals surface area contributed by atoms with Gasteiger partial charge in [-0.05, 0) is 24.6 Å². The van der Waals surface area contributed by atoms with Gasteiger partial charge in [-0.2, -0.15) is 0 Å². The van der Waals surface area contributed by atoms with Crippen LogP contribution < -0.4 is 5.32 Å². The lowest BCUT2D eigenvalue weighted by Crippen LogP contribution is -2.51. The van der Waals surface area contributed by atoms with Crippen molar-refractivity contribution in [2.45, 2.75) is 19.3 Å². The summed E-state index contributed by atoms with van der Waals surface area (Å²) < 4.78 is 0. The quantitative estimate of drug-likeness (QED) is 0.861. The maximum Gasteiger partial charge on any atom is 0.238 e. The summed E-state index contributed by atoms with van der Waals surface area (Å²) in [7, 11) is 0. The third kappa shape index (κ3) is 3.27. The number of aliphatic hydroxyl groups is 1. The summed E-state index contributed by atoms with van der Waals surface area (Å²) in [5.74, 6) is -1.34. The van der Waals surface area contributed by atoms with Gasteiger partial charge in [0.05, 0.1) is 11.3 Å². The van der Waals surface area contributed by atoms with Crippen molar-refractivity contribution in [1.82, 2.24) is 10.2 Å². The summed E-state index contributed by atoms with van der Waals surface area (Å²) in [4.78, 5) is 38.6. The summed E-state index contributed by atoms with van der Waals surface area (Å²) >= 11 is 0. The zero-order valence-corrected chi connectivity index (χ0v) is 14.8. The lowest BCUT2D eigenvalue weighted by atomic mass is 9.80. The van der Waals surface area contributed by atoms with Gasteiger partial charge in [0.15, 0.2) is 0 Å². The van der Waals surface area contributed by atoms with E-state index in [4.69, 9.17) is 0 Å². The van der Waals surface area contributed by atoms with Crippen LogP contribution in [0.4, 0.5) is 0 Å². The minimum absolute atomic E-state index is 0.0192. The minimum atomic E-state index is -1.06. The molecule has 0 saturated carbocycles. The molecule has 3 rings (SSSR count). The Kier molecular flexibility index (Phi) is 4.68. The van der Waals surface area contributed by atoms with E-state index in [1.165, 1.54) is 6.92 Å². The first-order valence-electron chi connectivity index (χ1n) is 8.56. The first-order chi connectivity index (χ1) is 12.3. The molecule has 3 atom stereocenters. The molecule has 3 amide bonds. The van der Waals surface area contributed by atoms with Gasteiger partial charge in [0.2, 0.25) is 17.7 Å². The first-order valence-corrected chi connectivity index (χ1v) is 8.56. The Morgan fingerprint density at radius 3 is 2.65 bits per heavy atom. The number of likely N-dealkylation sites (tertiary alicyclic amines) is 1. The highest BCUT2D eigenvalue weighted by Gasteiger charge is 2.45. The Bertz CT molecular complexity index is 799. The lowest BCUT2D eigenvalue weighted by Gasteiger charge is -2.33. The molecular formula is C20H22N2O4. The molecule has 26 heavy (non-hydrogen) atoms. The van der Waals surface area contributed by atoms with Crippen LogP contribution in [0.5, 0.6) is 0 Å². The Morgan fingerprint density at radius 1 is 1.31 bits per heavy atom. The molecule has 1 saturated heterocycles. The Labute approximate surface area is 152 Å². The highest BCUT2D eigenvalue weighted by atomic mass is 16.3. The van der Waals surface area contributed by atoms with Gasteiger partial charge in [0.1, 0.15) is 5.76 Å². The maximum atomic E-state index is 12.8. The fourth-order valence-electron chi connectivity index (χ4n) is 3.61. The summed E-state index contributed by atoms with van der Waals surface area (Å²) in [6, 6.07) is 9.13. The predicted octanol–water partition coefficient (Wildman–Crippen LogP) is 1.69. The van der Waals surface area contributed by atoms with Crippen molar-refractivity contribution in [3.8, 4) is 0 Å². The molecule has 0 spiro atoms. The van der Waals surface area contributed by atoms with Crippen LogP contribution in [0.3, 0.4) is 0 Å². The monoisotopic (exact) mass is 354 g/mol. The molecule has 6 heteroatoms. The van der Waals surface area contributed by atoms with Gasteiger partial charge in [0.25, 0.3) is 0 Å². The largest absolute Gasteiger partial charge is 0.508 e. The van der Waals surface area contributed by atoms with Gasteiger partial charge in [-0.15, -0.1) is 0 Å². The second-order valence-electron chi connectivity index (χ2n) is 7.07. The van der Waals surface area contributed by atoms with Crippen molar-refractivity contribution >= 4 is 17.7 Å². The molecule has 6 nitrogen and oxygen atoms in total. The molecule has 136 valence electrons. The molecular weight excluding hydrogens is 332 g/mol. The Morgan fingerprint density at radius 2 is 2.00 bits per heavy atom. The van der Waals surface area contributed by atoms with Crippen LogP contribution >= 0.6 is 0 Å². The molecule has 3 unspecified atom stereocenters. The normalized spacial score (nSPS) is 23.8. The number of allylic oxidation sites excluding steroid dienone is 1. The molecule has 1 aromatic rings. The number of hydrogen-bond donors (Lipinski definition) is 2. The molecule has 2 N–H and O–H groups in total. The summed E-state index contributed by atoms with van der Waals surface area (Å²) in [6.07, 6.45) is 4.98. The van der Waals surface area contributed by atoms with Gasteiger partial charge in [-0.25, -0.2) is 0 Å². The molecule has 0 radical (unpaired) electrons. The van der Waals surface area contributed by atoms with Gasteiger partial charge in [-0.3, -0.25) is 19.7 Å². The average molecular weight is 354 g/mol. The number of fused-ring (bicyclic) bond motifs is 1. The third-order valence-corrected chi connectivity index (χ3v) is 5.06. The van der Waals surface area contributed by atoms with E-state index in [1.54, 1.807) is 24.0 Å². The lowest BCUT2D eigenvalue weighted by molar-refractivity contribution is -0.135. The van der Waals surface area contributed by atoms with Gasteiger partial charge in [-0.1, -0.05) is 36.4 Å². The summed E-state index contributed by atoms with van der Waals surface area (Å²) in [5, 5.41) is 12.0. The van der Waals surface area contributed by atoms with Crippen LogP contribution in [0.15, 0.2) is 54.3 Å². The Balaban J connectivity index is 1.89. The molecule has 0 bridgehead atoms. The van der Waals surface area contributed by atoms with Crippen molar-refractivity contribution in [3.05, 3.63) is 59.9 Å². The standard InChI is InChI=1S/C20H22N2O4/c1-13(23)21-19(26)20(2,15-6-4-3-5-7-15)12-22-11-14-8-9-16(24)10-17(14)18(22)25/h3-10,14,17,24H,11-12H2,1-2H3,(H,21,23,26). The molecule has 0 aromatic heterocycles. The zero-order chi connectivity index (χ0) is 18.9. The second kappa shape index (κ2) is 6.78. The fourth-order valence-corrected chi connectivity index (χ4v) is 3.61. The van der Waals surface area contributed by atoms with Crippen LogP contribution in [0, 0.1) is 11.8 Å². The smallest absolute Gasteiger partial charge is 0.238 e. The number of imide groups is 1. The number of rotatable bonds is 4. The average Bonchev–Trinajstić information content (AvgIpc) is 2.90. The number of carbonyl (C=O) groups excluding carboxylic acids is 3. The molecule has 2 aliphatic rings. The van der Waals surface area contributed by atoms with Crippen molar-refractivity contribution in [3.63, 3.8) is 0 Å². The van der Waals surface area contributed by atoms with Crippen molar-refractivity contribution < 1.29 is 19.5 Å². The first kappa shape index (κ1) is 17.9. The van der Waals surface area contributed by atoms with E-state index in [2.05, 4.69) is 5.32 Å². The maximum absolute atomic E-state index is 12.8. The van der Waals surface area contributed by atoms with Crippen LogP contribution in [0.25, 0.3) is 0 Å². The van der Waals surface area contributed by atoms with E-state index in [-0.39, 0.29) is 24.1 Å². The molecule has 1 aromatic carbocycles. The van der Waals surface area contributed by atoms with Crippen molar-refractivity contribution in [2.24, 2.45) is 11.8 Å². The number of amides is 3. The predicted molar refractivity (Wildman–Crippen MR) is 96.0 cm³/mol. The van der Waals surface area contributed by atoms with E-state index in [9.17, 15) is 19.5 Å². The fraction of sp³-hybridized carbons (Fsp3) is 0.350. The van der Waals surface area contributed by atoms with E-state index in [0.29, 0.717) is 6.54 Å². The SMILES string of the molecule is CC(=O)NC(=O)C(C)(CN1CC2C=CC(O)=CC2C1=O)c1ccccc1. The molecule has 1 aliphatic carbocycles. The third-order valence-electron chi connectivity index (χ3n) is 5.06. The second-order valence-corrected chi connectivity index (χ2v) is 7.07. The number of nitrogens with zero attached hydrogens (tertiary/aromatic N) is 1. The molecule has 1 aliphatic heterocycles. The van der Waals surface area contributed by atoms with Crippen molar-refractivity contribution in [2.75, 3.05) is 13.1 Å². The van der Waals surface area contributed by atoms with E-state index >= 15 is 0 Å². The van der Waals surface area contributed by atoms with Crippen LogP contribution in [-0.2, 0) is 19.8 Å². The number of hydrogen-bond acceptors (Lipinski definition) is 4. The zero-order valence-electron chi connectivity index (χ0n) is 14.8. The van der Waals surface area contributed by atoms with Crippen LogP contribution in [-0.4, -0.2) is 40.8 Å². The van der Waals surface area contributed by atoms with Gasteiger partial charge < -0.3 is 10.0 Å².